The minimum Gasteiger partial charge on any atom is -0.378 e. The Hall–Kier alpha value is -2.56. The Morgan fingerprint density at radius 3 is 2.36 bits per heavy atom. The van der Waals surface area contributed by atoms with Crippen LogP contribution < -0.4 is 10.5 Å². The highest BCUT2D eigenvalue weighted by molar-refractivity contribution is 5.67. The topological polar surface area (TPSA) is 42.5 Å². The third-order valence-electron chi connectivity index (χ3n) is 4.79. The number of benzene rings is 1. The third kappa shape index (κ3) is 2.73. The first kappa shape index (κ1) is 17.3. The summed E-state index contributed by atoms with van der Waals surface area (Å²) in [5.41, 5.74) is 5.93. The van der Waals surface area contributed by atoms with Crippen molar-refractivity contribution in [2.75, 3.05) is 19.0 Å². The third-order valence-corrected chi connectivity index (χ3v) is 4.79. The molecule has 0 aliphatic heterocycles. The van der Waals surface area contributed by atoms with Crippen LogP contribution in [-0.2, 0) is 7.05 Å². The van der Waals surface area contributed by atoms with Crippen molar-refractivity contribution in [3.05, 3.63) is 51.4 Å². The van der Waals surface area contributed by atoms with E-state index in [1.54, 1.807) is 16.1 Å². The highest BCUT2D eigenvalue weighted by Gasteiger charge is 2.18. The first-order chi connectivity index (χ1) is 11.7. The molecule has 2 aromatic heterocycles. The Balaban J connectivity index is 2.30. The van der Waals surface area contributed by atoms with Crippen molar-refractivity contribution in [2.45, 2.75) is 33.6 Å². The van der Waals surface area contributed by atoms with E-state index in [9.17, 15) is 4.79 Å². The molecule has 0 bridgehead atoms. The van der Waals surface area contributed by atoms with E-state index >= 15 is 0 Å². The molecule has 0 N–H and O–H groups in total. The molecule has 3 aromatic rings. The van der Waals surface area contributed by atoms with Crippen LogP contribution in [0.15, 0.2) is 29.1 Å². The lowest BCUT2D eigenvalue weighted by atomic mass is 10.0. The average molecular weight is 338 g/mol. The normalized spacial score (nSPS) is 11.5. The Morgan fingerprint density at radius 2 is 1.80 bits per heavy atom. The van der Waals surface area contributed by atoms with Crippen LogP contribution in [0.4, 0.5) is 5.69 Å². The van der Waals surface area contributed by atoms with Gasteiger partial charge in [-0.25, -0.2) is 4.52 Å². The zero-order valence-corrected chi connectivity index (χ0v) is 16.1. The van der Waals surface area contributed by atoms with E-state index in [4.69, 9.17) is 5.10 Å². The van der Waals surface area contributed by atoms with Gasteiger partial charge in [-0.3, -0.25) is 9.36 Å². The zero-order valence-electron chi connectivity index (χ0n) is 16.1. The zero-order chi connectivity index (χ0) is 18.5. The second kappa shape index (κ2) is 6.06. The number of anilines is 1. The van der Waals surface area contributed by atoms with Gasteiger partial charge < -0.3 is 4.90 Å². The number of hydrogen-bond donors (Lipinski definition) is 0. The van der Waals surface area contributed by atoms with Gasteiger partial charge in [-0.1, -0.05) is 13.8 Å². The molecule has 0 saturated heterocycles. The fourth-order valence-corrected chi connectivity index (χ4v) is 3.26. The lowest BCUT2D eigenvalue weighted by molar-refractivity contribution is 0.762. The minimum absolute atomic E-state index is 0.00196. The minimum atomic E-state index is -0.00196. The maximum atomic E-state index is 13.0. The Bertz CT molecular complexity index is 1010. The molecule has 2 heterocycles. The molecule has 0 aliphatic carbocycles. The van der Waals surface area contributed by atoms with Gasteiger partial charge in [0.25, 0.3) is 5.56 Å². The van der Waals surface area contributed by atoms with Crippen LogP contribution >= 0.6 is 0 Å². The molecule has 0 aliphatic rings. The maximum Gasteiger partial charge on any atom is 0.278 e. The van der Waals surface area contributed by atoms with Crippen molar-refractivity contribution in [1.29, 1.82) is 0 Å². The lowest BCUT2D eigenvalue weighted by Crippen LogP contribution is -2.24. The molecule has 3 rings (SSSR count). The van der Waals surface area contributed by atoms with Crippen molar-refractivity contribution in [3.63, 3.8) is 0 Å². The van der Waals surface area contributed by atoms with Crippen molar-refractivity contribution in [2.24, 2.45) is 7.05 Å². The van der Waals surface area contributed by atoms with Gasteiger partial charge in [0, 0.05) is 38.1 Å². The number of hydrogen-bond acceptors (Lipinski definition) is 3. The van der Waals surface area contributed by atoms with Crippen LogP contribution in [0.2, 0.25) is 0 Å². The van der Waals surface area contributed by atoms with E-state index < -0.39 is 0 Å². The summed E-state index contributed by atoms with van der Waals surface area (Å²) < 4.78 is 3.46. The van der Waals surface area contributed by atoms with Gasteiger partial charge in [0.2, 0.25) is 0 Å². The largest absolute Gasteiger partial charge is 0.378 e. The van der Waals surface area contributed by atoms with E-state index in [2.05, 4.69) is 43.9 Å². The smallest absolute Gasteiger partial charge is 0.278 e. The predicted molar refractivity (Wildman–Crippen MR) is 104 cm³/mol. The van der Waals surface area contributed by atoms with Crippen molar-refractivity contribution in [3.8, 4) is 11.4 Å². The summed E-state index contributed by atoms with van der Waals surface area (Å²) in [4.78, 5) is 15.1. The van der Waals surface area contributed by atoms with E-state index in [-0.39, 0.29) is 11.5 Å². The van der Waals surface area contributed by atoms with Gasteiger partial charge in [0.05, 0.1) is 0 Å². The van der Waals surface area contributed by atoms with Gasteiger partial charge >= 0.3 is 0 Å². The SMILES string of the molecule is Cc1cc(N(C)C)ccc1-c1nn2c(C)cc(C(C)C)c2c(=O)n1C. The summed E-state index contributed by atoms with van der Waals surface area (Å²) in [5, 5.41) is 4.81. The summed E-state index contributed by atoms with van der Waals surface area (Å²) in [5.74, 6) is 0.972. The quantitative estimate of drug-likeness (QED) is 0.734. The molecule has 0 radical (unpaired) electrons. The number of aryl methyl sites for hydroxylation is 2. The van der Waals surface area contributed by atoms with Crippen LogP contribution in [-0.4, -0.2) is 28.3 Å². The molecular formula is C20H26N4O. The molecule has 25 heavy (non-hydrogen) atoms. The summed E-state index contributed by atoms with van der Waals surface area (Å²) in [7, 11) is 5.84. The van der Waals surface area contributed by atoms with Gasteiger partial charge in [-0.15, -0.1) is 5.10 Å². The summed E-state index contributed by atoms with van der Waals surface area (Å²) in [6.45, 7) is 8.26. The fourth-order valence-electron chi connectivity index (χ4n) is 3.26. The summed E-state index contributed by atoms with van der Waals surface area (Å²) in [6.07, 6.45) is 0. The Labute approximate surface area is 148 Å². The molecule has 0 spiro atoms. The average Bonchev–Trinajstić information content (AvgIpc) is 2.88. The van der Waals surface area contributed by atoms with Gasteiger partial charge in [-0.05, 0) is 55.2 Å². The predicted octanol–water partition coefficient (Wildman–Crippen LogP) is 3.51. The van der Waals surface area contributed by atoms with E-state index in [1.807, 2.05) is 27.1 Å². The highest BCUT2D eigenvalue weighted by atomic mass is 16.1. The molecule has 0 atom stereocenters. The highest BCUT2D eigenvalue weighted by Crippen LogP contribution is 2.27. The molecule has 0 amide bonds. The molecule has 0 saturated carbocycles. The summed E-state index contributed by atoms with van der Waals surface area (Å²) >= 11 is 0. The molecule has 5 nitrogen and oxygen atoms in total. The second-order valence-electron chi connectivity index (χ2n) is 7.24. The van der Waals surface area contributed by atoms with Crippen LogP contribution in [0.5, 0.6) is 0 Å². The Morgan fingerprint density at radius 1 is 1.12 bits per heavy atom. The maximum absolute atomic E-state index is 13.0. The molecule has 132 valence electrons. The van der Waals surface area contributed by atoms with E-state index in [1.165, 1.54) is 0 Å². The van der Waals surface area contributed by atoms with Gasteiger partial charge in [0.15, 0.2) is 5.82 Å². The van der Waals surface area contributed by atoms with E-state index in [0.717, 1.165) is 28.1 Å². The van der Waals surface area contributed by atoms with Crippen molar-refractivity contribution >= 4 is 11.2 Å². The van der Waals surface area contributed by atoms with Crippen molar-refractivity contribution in [1.82, 2.24) is 14.2 Å². The number of rotatable bonds is 3. The fraction of sp³-hybridized carbons (Fsp3) is 0.400. The number of aromatic nitrogens is 3. The van der Waals surface area contributed by atoms with Gasteiger partial charge in [0.1, 0.15) is 5.52 Å². The molecule has 0 fully saturated rings. The second-order valence-corrected chi connectivity index (χ2v) is 7.24. The van der Waals surface area contributed by atoms with Gasteiger partial charge in [-0.2, -0.15) is 0 Å². The molecule has 0 unspecified atom stereocenters. The van der Waals surface area contributed by atoms with Crippen LogP contribution in [0.1, 0.15) is 36.6 Å². The standard InChI is InChI=1S/C20H26N4O/c1-12(2)17-11-14(4)24-18(17)20(25)23(7)19(21-24)16-9-8-15(22(5)6)10-13(16)3/h8-12H,1-7H3. The molecular weight excluding hydrogens is 312 g/mol. The monoisotopic (exact) mass is 338 g/mol. The number of nitrogens with zero attached hydrogens (tertiary/aromatic N) is 4. The summed E-state index contributed by atoms with van der Waals surface area (Å²) in [6, 6.07) is 8.29. The first-order valence-corrected chi connectivity index (χ1v) is 8.60. The van der Waals surface area contributed by atoms with Crippen LogP contribution in [0, 0.1) is 13.8 Å². The lowest BCUT2D eigenvalue weighted by Gasteiger charge is -2.16. The van der Waals surface area contributed by atoms with Crippen LogP contribution in [0.3, 0.4) is 0 Å². The number of fused-ring (bicyclic) bond motifs is 1. The van der Waals surface area contributed by atoms with Crippen molar-refractivity contribution < 1.29 is 0 Å². The molecule has 1 aromatic carbocycles. The first-order valence-electron chi connectivity index (χ1n) is 8.60. The van der Waals surface area contributed by atoms with Crippen LogP contribution in [0.25, 0.3) is 16.9 Å². The van der Waals surface area contributed by atoms with E-state index in [0.29, 0.717) is 11.3 Å². The molecule has 5 heteroatoms. The Kier molecular flexibility index (Phi) is 4.19.